The lowest BCUT2D eigenvalue weighted by molar-refractivity contribution is -0.125. The van der Waals surface area contributed by atoms with Gasteiger partial charge in [-0.05, 0) is 43.5 Å². The van der Waals surface area contributed by atoms with Crippen molar-refractivity contribution in [2.24, 2.45) is 5.92 Å². The molecule has 34 heavy (non-hydrogen) atoms. The topological polar surface area (TPSA) is 50.2 Å². The van der Waals surface area contributed by atoms with Gasteiger partial charge in [-0.1, -0.05) is 60.2 Å². The van der Waals surface area contributed by atoms with Crippen molar-refractivity contribution in [2.75, 3.05) is 18.0 Å². The van der Waals surface area contributed by atoms with Crippen LogP contribution in [0.4, 0.5) is 10.3 Å². The highest BCUT2D eigenvalue weighted by molar-refractivity contribution is 5.80. The average molecular weight is 457 g/mol. The molecule has 174 valence electrons. The van der Waals surface area contributed by atoms with Crippen molar-refractivity contribution in [1.29, 1.82) is 0 Å². The molecule has 1 saturated heterocycles. The molecule has 1 N–H and O–H groups in total. The van der Waals surface area contributed by atoms with E-state index in [2.05, 4.69) is 58.1 Å². The van der Waals surface area contributed by atoms with Crippen molar-refractivity contribution < 1.29 is 9.18 Å². The Morgan fingerprint density at radius 1 is 1.03 bits per heavy atom. The van der Waals surface area contributed by atoms with E-state index in [1.165, 1.54) is 17.2 Å². The fraction of sp³-hybridized carbons (Fsp3) is 0.286. The summed E-state index contributed by atoms with van der Waals surface area (Å²) in [6.45, 7) is 4.60. The van der Waals surface area contributed by atoms with E-state index in [0.717, 1.165) is 49.5 Å². The molecular weight excluding hydrogens is 427 g/mol. The number of amides is 1. The Hall–Kier alpha value is -3.67. The molecule has 0 spiro atoms. The SMILES string of the molecule is Cc1cccc(Cn2c(N3CCC(C(=O)NCc4ccccc4F)CC3)nc3ccccc32)c1. The molecule has 3 aromatic carbocycles. The van der Waals surface area contributed by atoms with Gasteiger partial charge in [-0.3, -0.25) is 4.79 Å². The third kappa shape index (κ3) is 4.67. The summed E-state index contributed by atoms with van der Waals surface area (Å²) >= 11 is 0. The third-order valence-corrected chi connectivity index (χ3v) is 6.62. The highest BCUT2D eigenvalue weighted by atomic mass is 19.1. The molecule has 0 atom stereocenters. The molecule has 1 aliphatic rings. The largest absolute Gasteiger partial charge is 0.352 e. The molecule has 1 amide bonds. The van der Waals surface area contributed by atoms with Crippen molar-refractivity contribution in [3.8, 4) is 0 Å². The Balaban J connectivity index is 1.29. The normalized spacial score (nSPS) is 14.5. The van der Waals surface area contributed by atoms with Crippen LogP contribution in [0.5, 0.6) is 0 Å². The number of hydrogen-bond donors (Lipinski definition) is 1. The Kier molecular flexibility index (Phi) is 6.30. The molecular formula is C28H29FN4O. The van der Waals surface area contributed by atoms with Gasteiger partial charge in [0.05, 0.1) is 17.6 Å². The number of nitrogens with zero attached hydrogens (tertiary/aromatic N) is 3. The van der Waals surface area contributed by atoms with Crippen molar-refractivity contribution in [1.82, 2.24) is 14.9 Å². The van der Waals surface area contributed by atoms with E-state index in [0.29, 0.717) is 5.56 Å². The molecule has 5 rings (SSSR count). The molecule has 4 aromatic rings. The maximum absolute atomic E-state index is 13.9. The molecule has 1 aromatic heterocycles. The number of aromatic nitrogens is 2. The number of imidazole rings is 1. The number of fused-ring (bicyclic) bond motifs is 1. The molecule has 2 heterocycles. The zero-order valence-electron chi connectivity index (χ0n) is 19.4. The maximum atomic E-state index is 13.9. The van der Waals surface area contributed by atoms with Crippen molar-refractivity contribution >= 4 is 22.9 Å². The molecule has 1 fully saturated rings. The average Bonchev–Trinajstić information content (AvgIpc) is 3.22. The van der Waals surface area contributed by atoms with Gasteiger partial charge in [0.15, 0.2) is 0 Å². The van der Waals surface area contributed by atoms with Crippen LogP contribution in [0.2, 0.25) is 0 Å². The van der Waals surface area contributed by atoms with Crippen LogP contribution in [-0.4, -0.2) is 28.5 Å². The van der Waals surface area contributed by atoms with Gasteiger partial charge in [0.2, 0.25) is 11.9 Å². The van der Waals surface area contributed by atoms with Gasteiger partial charge in [0, 0.05) is 31.1 Å². The van der Waals surface area contributed by atoms with E-state index in [1.54, 1.807) is 18.2 Å². The van der Waals surface area contributed by atoms with Gasteiger partial charge in [-0.25, -0.2) is 9.37 Å². The highest BCUT2D eigenvalue weighted by Gasteiger charge is 2.27. The smallest absolute Gasteiger partial charge is 0.223 e. The first-order valence-corrected chi connectivity index (χ1v) is 11.9. The van der Waals surface area contributed by atoms with Crippen molar-refractivity contribution in [3.05, 3.63) is 95.3 Å². The van der Waals surface area contributed by atoms with Gasteiger partial charge in [0.1, 0.15) is 5.82 Å². The lowest BCUT2D eigenvalue weighted by Gasteiger charge is -2.32. The Morgan fingerprint density at radius 2 is 1.79 bits per heavy atom. The molecule has 0 aliphatic carbocycles. The summed E-state index contributed by atoms with van der Waals surface area (Å²) in [4.78, 5) is 20.0. The molecule has 0 radical (unpaired) electrons. The molecule has 5 nitrogen and oxygen atoms in total. The Bertz CT molecular complexity index is 1310. The number of para-hydroxylation sites is 2. The van der Waals surface area contributed by atoms with E-state index in [9.17, 15) is 9.18 Å². The van der Waals surface area contributed by atoms with Gasteiger partial charge in [-0.15, -0.1) is 0 Å². The summed E-state index contributed by atoms with van der Waals surface area (Å²) in [7, 11) is 0. The number of benzene rings is 3. The number of anilines is 1. The van der Waals surface area contributed by atoms with Crippen LogP contribution >= 0.6 is 0 Å². The lowest BCUT2D eigenvalue weighted by Crippen LogP contribution is -2.41. The molecule has 1 aliphatic heterocycles. The number of carbonyl (C=O) groups excluding carboxylic acids is 1. The first-order valence-electron chi connectivity index (χ1n) is 11.9. The molecule has 6 heteroatoms. The number of piperidine rings is 1. The van der Waals surface area contributed by atoms with E-state index in [4.69, 9.17) is 4.98 Å². The van der Waals surface area contributed by atoms with E-state index >= 15 is 0 Å². The van der Waals surface area contributed by atoms with Crippen LogP contribution in [0.3, 0.4) is 0 Å². The minimum atomic E-state index is -0.287. The molecule has 0 unspecified atom stereocenters. The number of rotatable bonds is 6. The summed E-state index contributed by atoms with van der Waals surface area (Å²) in [5, 5.41) is 2.92. The fourth-order valence-electron chi connectivity index (χ4n) is 4.76. The Labute approximate surface area is 199 Å². The monoisotopic (exact) mass is 456 g/mol. The van der Waals surface area contributed by atoms with Crippen molar-refractivity contribution in [3.63, 3.8) is 0 Å². The van der Waals surface area contributed by atoms with Crippen LogP contribution in [-0.2, 0) is 17.9 Å². The quantitative estimate of drug-likeness (QED) is 0.441. The molecule has 0 bridgehead atoms. The minimum Gasteiger partial charge on any atom is -0.352 e. The summed E-state index contributed by atoms with van der Waals surface area (Å²) < 4.78 is 16.1. The van der Waals surface area contributed by atoms with E-state index in [-0.39, 0.29) is 24.2 Å². The first-order chi connectivity index (χ1) is 16.6. The van der Waals surface area contributed by atoms with Crippen LogP contribution in [0, 0.1) is 18.7 Å². The zero-order valence-corrected chi connectivity index (χ0v) is 19.4. The summed E-state index contributed by atoms with van der Waals surface area (Å²) in [5.74, 6) is 0.590. The number of halogens is 1. The number of nitrogens with one attached hydrogen (secondary N) is 1. The van der Waals surface area contributed by atoms with Crippen molar-refractivity contribution in [2.45, 2.75) is 32.9 Å². The summed E-state index contributed by atoms with van der Waals surface area (Å²) in [6.07, 6.45) is 1.49. The predicted octanol–water partition coefficient (Wildman–Crippen LogP) is 5.06. The third-order valence-electron chi connectivity index (χ3n) is 6.62. The second-order valence-electron chi connectivity index (χ2n) is 9.05. The van der Waals surface area contributed by atoms with Crippen LogP contribution < -0.4 is 10.2 Å². The van der Waals surface area contributed by atoms with Gasteiger partial charge in [-0.2, -0.15) is 0 Å². The minimum absolute atomic E-state index is 0.00355. The summed E-state index contributed by atoms with van der Waals surface area (Å²) in [5.41, 5.74) is 5.09. The predicted molar refractivity (Wildman–Crippen MR) is 133 cm³/mol. The zero-order chi connectivity index (χ0) is 23.5. The van der Waals surface area contributed by atoms with Gasteiger partial charge >= 0.3 is 0 Å². The number of aryl methyl sites for hydroxylation is 1. The van der Waals surface area contributed by atoms with E-state index in [1.807, 2.05) is 12.1 Å². The van der Waals surface area contributed by atoms with Gasteiger partial charge < -0.3 is 14.8 Å². The Morgan fingerprint density at radius 3 is 2.59 bits per heavy atom. The second kappa shape index (κ2) is 9.67. The van der Waals surface area contributed by atoms with E-state index < -0.39 is 0 Å². The lowest BCUT2D eigenvalue weighted by atomic mass is 9.96. The number of hydrogen-bond acceptors (Lipinski definition) is 3. The maximum Gasteiger partial charge on any atom is 0.223 e. The first kappa shape index (κ1) is 22.1. The van der Waals surface area contributed by atoms with Crippen LogP contribution in [0.1, 0.15) is 29.5 Å². The van der Waals surface area contributed by atoms with Gasteiger partial charge in [0.25, 0.3) is 0 Å². The second-order valence-corrected chi connectivity index (χ2v) is 9.05. The number of carbonyl (C=O) groups is 1. The van der Waals surface area contributed by atoms with Crippen LogP contribution in [0.15, 0.2) is 72.8 Å². The summed E-state index contributed by atoms with van der Waals surface area (Å²) in [6, 6.07) is 23.4. The molecule has 0 saturated carbocycles. The standard InChI is InChI=1S/C28H29FN4O/c1-20-7-6-8-21(17-20)19-33-26-12-5-4-11-25(26)31-28(33)32-15-13-22(14-16-32)27(34)30-18-23-9-2-3-10-24(23)29/h2-12,17,22H,13-16,18-19H2,1H3,(H,30,34). The highest BCUT2D eigenvalue weighted by Crippen LogP contribution is 2.28. The fourth-order valence-corrected chi connectivity index (χ4v) is 4.76. The van der Waals surface area contributed by atoms with Crippen LogP contribution in [0.25, 0.3) is 11.0 Å².